The van der Waals surface area contributed by atoms with Crippen LogP contribution >= 0.6 is 0 Å². The molecule has 0 amide bonds. The van der Waals surface area contributed by atoms with E-state index < -0.39 is 11.7 Å². The molecule has 1 aliphatic heterocycles. The van der Waals surface area contributed by atoms with E-state index in [9.17, 15) is 13.2 Å². The highest BCUT2D eigenvalue weighted by atomic mass is 19.4. The number of aryl methyl sites for hydroxylation is 1. The smallest absolute Gasteiger partial charge is 0.416 e. The Labute approximate surface area is 141 Å². The van der Waals surface area contributed by atoms with Crippen LogP contribution in [-0.4, -0.2) is 10.1 Å². The Balaban J connectivity index is 1.55. The number of hydrogen-bond acceptors (Lipinski definition) is 4. The SMILES string of the molecule is FC(F)(F)c1ccc(-c2noc(C3CCc4ccccc4O3)n2)cc1. The van der Waals surface area contributed by atoms with Gasteiger partial charge in [-0.3, -0.25) is 0 Å². The minimum Gasteiger partial charge on any atom is -0.480 e. The molecule has 4 nitrogen and oxygen atoms in total. The fourth-order valence-corrected chi connectivity index (χ4v) is 2.79. The fourth-order valence-electron chi connectivity index (χ4n) is 2.79. The summed E-state index contributed by atoms with van der Waals surface area (Å²) >= 11 is 0. The van der Waals surface area contributed by atoms with Crippen molar-refractivity contribution in [3.63, 3.8) is 0 Å². The molecule has 128 valence electrons. The minimum atomic E-state index is -4.37. The molecule has 2 heterocycles. The standard InChI is InChI=1S/C18H13F3N2O2/c19-18(20,21)13-8-5-12(6-9-13)16-22-17(25-23-16)15-10-7-11-3-1-2-4-14(11)24-15/h1-6,8-9,15H,7,10H2. The zero-order valence-electron chi connectivity index (χ0n) is 13.0. The molecule has 4 rings (SSSR count). The van der Waals surface area contributed by atoms with Crippen molar-refractivity contribution in [3.8, 4) is 17.1 Å². The van der Waals surface area contributed by atoms with E-state index in [1.54, 1.807) is 0 Å². The number of rotatable bonds is 2. The maximum absolute atomic E-state index is 12.6. The number of ether oxygens (including phenoxy) is 1. The Morgan fingerprint density at radius 1 is 1.00 bits per heavy atom. The number of alkyl halides is 3. The van der Waals surface area contributed by atoms with Gasteiger partial charge in [0.15, 0.2) is 6.10 Å². The first-order chi connectivity index (χ1) is 12.0. The van der Waals surface area contributed by atoms with Crippen molar-refractivity contribution >= 4 is 0 Å². The second-order valence-electron chi connectivity index (χ2n) is 5.78. The Kier molecular flexibility index (Phi) is 3.71. The molecule has 1 unspecified atom stereocenters. The second kappa shape index (κ2) is 5.91. The van der Waals surface area contributed by atoms with Gasteiger partial charge in [0.05, 0.1) is 5.56 Å². The van der Waals surface area contributed by atoms with E-state index >= 15 is 0 Å². The zero-order chi connectivity index (χ0) is 17.4. The number of benzene rings is 2. The predicted octanol–water partition coefficient (Wildman–Crippen LogP) is 4.82. The van der Waals surface area contributed by atoms with Crippen molar-refractivity contribution in [2.24, 2.45) is 0 Å². The van der Waals surface area contributed by atoms with Crippen molar-refractivity contribution in [2.45, 2.75) is 25.1 Å². The third-order valence-corrected chi connectivity index (χ3v) is 4.11. The van der Waals surface area contributed by atoms with Crippen LogP contribution in [0.15, 0.2) is 53.1 Å². The summed E-state index contributed by atoms with van der Waals surface area (Å²) in [4.78, 5) is 4.28. The minimum absolute atomic E-state index is 0.242. The number of hydrogen-bond donors (Lipinski definition) is 0. The summed E-state index contributed by atoms with van der Waals surface area (Å²) in [6.45, 7) is 0. The number of aromatic nitrogens is 2. The summed E-state index contributed by atoms with van der Waals surface area (Å²) in [6.07, 6.45) is -3.19. The highest BCUT2D eigenvalue weighted by Gasteiger charge is 2.30. The Hall–Kier alpha value is -2.83. The molecule has 0 spiro atoms. The summed E-state index contributed by atoms with van der Waals surface area (Å²) in [6, 6.07) is 12.4. The monoisotopic (exact) mass is 346 g/mol. The van der Waals surface area contributed by atoms with Gasteiger partial charge in [0.25, 0.3) is 5.89 Å². The van der Waals surface area contributed by atoms with Gasteiger partial charge in [-0.15, -0.1) is 0 Å². The molecule has 0 radical (unpaired) electrons. The van der Waals surface area contributed by atoms with Crippen LogP contribution in [0.1, 0.15) is 29.5 Å². The van der Waals surface area contributed by atoms with Crippen molar-refractivity contribution in [1.29, 1.82) is 0 Å². The van der Waals surface area contributed by atoms with Gasteiger partial charge in [-0.05, 0) is 36.6 Å². The molecule has 1 aliphatic rings. The van der Waals surface area contributed by atoms with Crippen molar-refractivity contribution in [3.05, 3.63) is 65.5 Å². The van der Waals surface area contributed by atoms with E-state index in [-0.39, 0.29) is 11.9 Å². The average Bonchev–Trinajstić information content (AvgIpc) is 3.11. The van der Waals surface area contributed by atoms with Gasteiger partial charge in [0.2, 0.25) is 5.82 Å². The molecule has 25 heavy (non-hydrogen) atoms. The fraction of sp³-hybridized carbons (Fsp3) is 0.222. The molecule has 3 aromatic rings. The molecular formula is C18H13F3N2O2. The van der Waals surface area contributed by atoms with Crippen LogP contribution in [0.25, 0.3) is 11.4 Å². The van der Waals surface area contributed by atoms with Crippen LogP contribution in [0.4, 0.5) is 13.2 Å². The maximum Gasteiger partial charge on any atom is 0.416 e. The molecule has 0 fully saturated rings. The van der Waals surface area contributed by atoms with Crippen LogP contribution in [0.5, 0.6) is 5.75 Å². The first-order valence-electron chi connectivity index (χ1n) is 7.76. The van der Waals surface area contributed by atoms with Gasteiger partial charge in [-0.2, -0.15) is 18.2 Å². The molecule has 0 saturated heterocycles. The molecule has 0 bridgehead atoms. The van der Waals surface area contributed by atoms with Crippen molar-refractivity contribution < 1.29 is 22.4 Å². The van der Waals surface area contributed by atoms with Crippen molar-refractivity contribution in [1.82, 2.24) is 10.1 Å². The van der Waals surface area contributed by atoms with Crippen LogP contribution in [0, 0.1) is 0 Å². The van der Waals surface area contributed by atoms with E-state index in [2.05, 4.69) is 10.1 Å². The first kappa shape index (κ1) is 15.7. The Morgan fingerprint density at radius 2 is 1.76 bits per heavy atom. The lowest BCUT2D eigenvalue weighted by Crippen LogP contribution is -2.15. The van der Waals surface area contributed by atoms with Crippen LogP contribution in [-0.2, 0) is 12.6 Å². The molecule has 7 heteroatoms. The summed E-state index contributed by atoms with van der Waals surface area (Å²) in [5.74, 6) is 1.35. The van der Waals surface area contributed by atoms with Crippen molar-refractivity contribution in [2.75, 3.05) is 0 Å². The van der Waals surface area contributed by atoms with Crippen LogP contribution in [0.2, 0.25) is 0 Å². The molecule has 2 aromatic carbocycles. The topological polar surface area (TPSA) is 48.2 Å². The van der Waals surface area contributed by atoms with E-state index in [0.29, 0.717) is 17.9 Å². The van der Waals surface area contributed by atoms with E-state index in [1.807, 2.05) is 24.3 Å². The molecule has 1 aromatic heterocycles. The Morgan fingerprint density at radius 3 is 2.52 bits per heavy atom. The molecule has 1 atom stereocenters. The largest absolute Gasteiger partial charge is 0.480 e. The lowest BCUT2D eigenvalue weighted by Gasteiger charge is -2.23. The second-order valence-corrected chi connectivity index (χ2v) is 5.78. The zero-order valence-corrected chi connectivity index (χ0v) is 13.0. The number of nitrogens with zero attached hydrogens (tertiary/aromatic N) is 2. The van der Waals surface area contributed by atoms with Gasteiger partial charge >= 0.3 is 6.18 Å². The lowest BCUT2D eigenvalue weighted by atomic mass is 10.0. The molecular weight excluding hydrogens is 333 g/mol. The molecule has 0 N–H and O–H groups in total. The van der Waals surface area contributed by atoms with E-state index in [4.69, 9.17) is 9.26 Å². The summed E-state index contributed by atoms with van der Waals surface area (Å²) in [5, 5.41) is 3.86. The summed E-state index contributed by atoms with van der Waals surface area (Å²) < 4.78 is 49.0. The summed E-state index contributed by atoms with van der Waals surface area (Å²) in [5.41, 5.74) is 0.868. The summed E-state index contributed by atoms with van der Waals surface area (Å²) in [7, 11) is 0. The lowest BCUT2D eigenvalue weighted by molar-refractivity contribution is -0.137. The highest BCUT2D eigenvalue weighted by Crippen LogP contribution is 2.35. The average molecular weight is 346 g/mol. The quantitative estimate of drug-likeness (QED) is 0.667. The van der Waals surface area contributed by atoms with E-state index in [0.717, 1.165) is 29.9 Å². The van der Waals surface area contributed by atoms with Gasteiger partial charge in [-0.25, -0.2) is 0 Å². The molecule has 0 saturated carbocycles. The van der Waals surface area contributed by atoms with Gasteiger partial charge < -0.3 is 9.26 Å². The van der Waals surface area contributed by atoms with Gasteiger partial charge in [0, 0.05) is 5.56 Å². The van der Waals surface area contributed by atoms with Gasteiger partial charge in [0.1, 0.15) is 5.75 Å². The molecule has 0 aliphatic carbocycles. The maximum atomic E-state index is 12.6. The number of para-hydroxylation sites is 1. The first-order valence-corrected chi connectivity index (χ1v) is 7.76. The Bertz CT molecular complexity index is 888. The van der Waals surface area contributed by atoms with E-state index in [1.165, 1.54) is 12.1 Å². The normalized spacial score (nSPS) is 17.0. The number of halogens is 3. The van der Waals surface area contributed by atoms with Crippen LogP contribution < -0.4 is 4.74 Å². The predicted molar refractivity (Wildman–Crippen MR) is 82.9 cm³/mol. The van der Waals surface area contributed by atoms with Crippen LogP contribution in [0.3, 0.4) is 0 Å². The van der Waals surface area contributed by atoms with Gasteiger partial charge in [-0.1, -0.05) is 35.5 Å². The third-order valence-electron chi connectivity index (χ3n) is 4.11. The third kappa shape index (κ3) is 3.09. The number of fused-ring (bicyclic) bond motifs is 1. The highest BCUT2D eigenvalue weighted by molar-refractivity contribution is 5.55.